The smallest absolute Gasteiger partial charge is 0.191 e. The number of guanidine groups is 1. The van der Waals surface area contributed by atoms with Crippen LogP contribution in [0.2, 0.25) is 0 Å². The van der Waals surface area contributed by atoms with E-state index in [-0.39, 0.29) is 6.10 Å². The summed E-state index contributed by atoms with van der Waals surface area (Å²) in [6.45, 7) is 8.15. The van der Waals surface area contributed by atoms with Gasteiger partial charge < -0.3 is 24.8 Å². The highest BCUT2D eigenvalue weighted by atomic mass is 16.5. The van der Waals surface area contributed by atoms with Gasteiger partial charge in [-0.3, -0.25) is 4.99 Å². The number of nitrogens with one attached hydrogen (secondary N) is 2. The van der Waals surface area contributed by atoms with Gasteiger partial charge in [-0.05, 0) is 36.6 Å². The predicted molar refractivity (Wildman–Crippen MR) is 120 cm³/mol. The number of hydrogen-bond donors (Lipinski definition) is 2. The molecule has 0 aromatic heterocycles. The summed E-state index contributed by atoms with van der Waals surface area (Å²) in [5.41, 5.74) is 4.68. The molecule has 1 aliphatic heterocycles. The quantitative estimate of drug-likeness (QED) is 0.488. The molecule has 1 heterocycles. The number of rotatable bonds is 9. The largest absolute Gasteiger partial charge is 0.488 e. The van der Waals surface area contributed by atoms with Gasteiger partial charge in [0.05, 0.1) is 19.8 Å². The van der Waals surface area contributed by atoms with Crippen LogP contribution >= 0.6 is 0 Å². The molecule has 1 saturated heterocycles. The van der Waals surface area contributed by atoms with E-state index in [9.17, 15) is 0 Å². The molecule has 6 heteroatoms. The second-order valence-electron chi connectivity index (χ2n) is 7.40. The second-order valence-corrected chi connectivity index (χ2v) is 7.40. The summed E-state index contributed by atoms with van der Waals surface area (Å²) < 4.78 is 17.2. The van der Waals surface area contributed by atoms with Crippen molar-refractivity contribution in [3.05, 3.63) is 64.7 Å². The van der Waals surface area contributed by atoms with E-state index in [1.165, 1.54) is 16.7 Å². The fraction of sp³-hybridized carbons (Fsp3) is 0.458. The minimum absolute atomic E-state index is 0.129. The molecule has 0 bridgehead atoms. The predicted octanol–water partition coefficient (Wildman–Crippen LogP) is 3.56. The molecule has 2 aromatic carbocycles. The lowest BCUT2D eigenvalue weighted by molar-refractivity contribution is 0.133. The van der Waals surface area contributed by atoms with Crippen molar-refractivity contribution in [2.24, 2.45) is 4.99 Å². The number of ether oxygens (including phenoxy) is 3. The van der Waals surface area contributed by atoms with E-state index in [4.69, 9.17) is 14.2 Å². The minimum Gasteiger partial charge on any atom is -0.488 e. The Morgan fingerprint density at radius 1 is 1.10 bits per heavy atom. The molecule has 1 aliphatic rings. The fourth-order valence-corrected chi connectivity index (χ4v) is 3.36. The fourth-order valence-electron chi connectivity index (χ4n) is 3.36. The van der Waals surface area contributed by atoms with Gasteiger partial charge in [0.2, 0.25) is 0 Å². The molecule has 1 atom stereocenters. The molecule has 0 saturated carbocycles. The Balaban J connectivity index is 1.58. The molecule has 2 N–H and O–H groups in total. The molecule has 1 unspecified atom stereocenters. The van der Waals surface area contributed by atoms with Gasteiger partial charge in [-0.1, -0.05) is 36.4 Å². The van der Waals surface area contributed by atoms with Crippen LogP contribution in [0, 0.1) is 6.92 Å². The van der Waals surface area contributed by atoms with Gasteiger partial charge in [-0.2, -0.15) is 0 Å². The summed E-state index contributed by atoms with van der Waals surface area (Å²) in [4.78, 5) is 4.36. The zero-order valence-electron chi connectivity index (χ0n) is 18.2. The maximum Gasteiger partial charge on any atom is 0.191 e. The van der Waals surface area contributed by atoms with Crippen molar-refractivity contribution >= 4 is 5.96 Å². The standard InChI is InChI=1S/C24H33N3O3/c1-4-28-16-21-8-6-5-7-19(21)14-26-24(25-3)27-15-20-10-9-18(2)13-23(20)30-22-11-12-29-17-22/h5-10,13,22H,4,11-12,14-17H2,1-3H3,(H2,25,26,27). The molecule has 0 spiro atoms. The molecular formula is C24H33N3O3. The summed E-state index contributed by atoms with van der Waals surface area (Å²) in [7, 11) is 1.78. The van der Waals surface area contributed by atoms with Gasteiger partial charge >= 0.3 is 0 Å². The Labute approximate surface area is 179 Å². The Morgan fingerprint density at radius 3 is 2.57 bits per heavy atom. The topological polar surface area (TPSA) is 64.1 Å². The maximum absolute atomic E-state index is 6.20. The van der Waals surface area contributed by atoms with Crippen LogP contribution in [0.5, 0.6) is 5.75 Å². The summed E-state index contributed by atoms with van der Waals surface area (Å²) in [5, 5.41) is 6.80. The zero-order chi connectivity index (χ0) is 21.2. The van der Waals surface area contributed by atoms with E-state index in [0.717, 1.165) is 30.3 Å². The monoisotopic (exact) mass is 411 g/mol. The SMILES string of the molecule is CCOCc1ccccc1CNC(=NC)NCc1ccc(C)cc1OC1CCOC1. The summed E-state index contributed by atoms with van der Waals surface area (Å²) in [6, 6.07) is 14.6. The second kappa shape index (κ2) is 11.6. The molecule has 0 radical (unpaired) electrons. The van der Waals surface area contributed by atoms with Crippen LogP contribution in [-0.4, -0.2) is 38.9 Å². The van der Waals surface area contributed by atoms with E-state index >= 15 is 0 Å². The first-order valence-corrected chi connectivity index (χ1v) is 10.6. The lowest BCUT2D eigenvalue weighted by Gasteiger charge is -2.18. The van der Waals surface area contributed by atoms with Crippen LogP contribution in [0.3, 0.4) is 0 Å². The van der Waals surface area contributed by atoms with Crippen LogP contribution in [0.4, 0.5) is 0 Å². The molecule has 162 valence electrons. The van der Waals surface area contributed by atoms with Crippen molar-refractivity contribution in [1.82, 2.24) is 10.6 Å². The van der Waals surface area contributed by atoms with Crippen molar-refractivity contribution in [3.63, 3.8) is 0 Å². The number of benzene rings is 2. The van der Waals surface area contributed by atoms with Crippen molar-refractivity contribution in [2.45, 2.75) is 46.1 Å². The number of nitrogens with zero attached hydrogens (tertiary/aromatic N) is 1. The Hall–Kier alpha value is -2.57. The van der Waals surface area contributed by atoms with Crippen LogP contribution in [0.25, 0.3) is 0 Å². The highest BCUT2D eigenvalue weighted by Crippen LogP contribution is 2.23. The highest BCUT2D eigenvalue weighted by Gasteiger charge is 2.18. The zero-order valence-corrected chi connectivity index (χ0v) is 18.2. The first kappa shape index (κ1) is 22.1. The van der Waals surface area contributed by atoms with E-state index < -0.39 is 0 Å². The van der Waals surface area contributed by atoms with E-state index in [1.807, 2.05) is 19.1 Å². The third-order valence-corrected chi connectivity index (χ3v) is 5.10. The minimum atomic E-state index is 0.129. The summed E-state index contributed by atoms with van der Waals surface area (Å²) in [5.74, 6) is 1.66. The van der Waals surface area contributed by atoms with Crippen molar-refractivity contribution < 1.29 is 14.2 Å². The van der Waals surface area contributed by atoms with Crippen LogP contribution < -0.4 is 15.4 Å². The average molecular weight is 412 g/mol. The Morgan fingerprint density at radius 2 is 1.87 bits per heavy atom. The van der Waals surface area contributed by atoms with Gasteiger partial charge in [-0.25, -0.2) is 0 Å². The molecule has 0 amide bonds. The lowest BCUT2D eigenvalue weighted by atomic mass is 10.1. The Bertz CT molecular complexity index is 832. The number of hydrogen-bond acceptors (Lipinski definition) is 4. The first-order chi connectivity index (χ1) is 14.7. The molecule has 1 fully saturated rings. The molecule has 0 aliphatic carbocycles. The highest BCUT2D eigenvalue weighted by molar-refractivity contribution is 5.79. The van der Waals surface area contributed by atoms with Gasteiger partial charge in [0.1, 0.15) is 11.9 Å². The van der Waals surface area contributed by atoms with Gasteiger partial charge in [0, 0.05) is 38.7 Å². The number of aliphatic imine (C=N–C) groups is 1. The van der Waals surface area contributed by atoms with Crippen LogP contribution in [-0.2, 0) is 29.2 Å². The van der Waals surface area contributed by atoms with E-state index in [0.29, 0.717) is 32.9 Å². The summed E-state index contributed by atoms with van der Waals surface area (Å²) >= 11 is 0. The average Bonchev–Trinajstić information content (AvgIpc) is 3.27. The maximum atomic E-state index is 6.20. The molecular weight excluding hydrogens is 378 g/mol. The number of aryl methyl sites for hydroxylation is 1. The molecule has 6 nitrogen and oxygen atoms in total. The third-order valence-electron chi connectivity index (χ3n) is 5.10. The van der Waals surface area contributed by atoms with Gasteiger partial charge in [0.15, 0.2) is 5.96 Å². The molecule has 3 rings (SSSR count). The lowest BCUT2D eigenvalue weighted by Crippen LogP contribution is -2.36. The molecule has 2 aromatic rings. The van der Waals surface area contributed by atoms with Gasteiger partial charge in [0.25, 0.3) is 0 Å². The van der Waals surface area contributed by atoms with E-state index in [2.05, 4.69) is 52.9 Å². The van der Waals surface area contributed by atoms with E-state index in [1.54, 1.807) is 7.05 Å². The third kappa shape index (κ3) is 6.47. The first-order valence-electron chi connectivity index (χ1n) is 10.6. The normalized spacial score (nSPS) is 16.5. The molecule has 30 heavy (non-hydrogen) atoms. The van der Waals surface area contributed by atoms with Crippen molar-refractivity contribution in [3.8, 4) is 5.75 Å². The van der Waals surface area contributed by atoms with Crippen molar-refractivity contribution in [2.75, 3.05) is 26.9 Å². The van der Waals surface area contributed by atoms with Crippen molar-refractivity contribution in [1.29, 1.82) is 0 Å². The van der Waals surface area contributed by atoms with Crippen LogP contribution in [0.15, 0.2) is 47.5 Å². The van der Waals surface area contributed by atoms with Crippen LogP contribution in [0.1, 0.15) is 35.6 Å². The summed E-state index contributed by atoms with van der Waals surface area (Å²) in [6.07, 6.45) is 1.07. The van der Waals surface area contributed by atoms with Gasteiger partial charge in [-0.15, -0.1) is 0 Å². The Kier molecular flexibility index (Phi) is 8.53.